The molecule has 214 valence electrons. The summed E-state index contributed by atoms with van der Waals surface area (Å²) in [5, 5.41) is 0. The molecule has 0 bridgehead atoms. The van der Waals surface area contributed by atoms with E-state index in [2.05, 4.69) is 85.0 Å². The molecule has 0 aromatic heterocycles. The summed E-state index contributed by atoms with van der Waals surface area (Å²) in [7, 11) is -7.81. The van der Waals surface area contributed by atoms with E-state index in [-0.39, 0.29) is 0 Å². The molecule has 0 aliphatic carbocycles. The zero-order valence-electron chi connectivity index (χ0n) is 20.8. The molecule has 39 heavy (non-hydrogen) atoms. The second-order valence-electron chi connectivity index (χ2n) is 8.50. The minimum absolute atomic E-state index is 0.768. The third kappa shape index (κ3) is 15.0. The molecule has 0 radical (unpaired) electrons. The largest absolute Gasteiger partial charge is 0.741 e. The van der Waals surface area contributed by atoms with Gasteiger partial charge in [-0.15, -0.1) is 0 Å². The first kappa shape index (κ1) is 33.7. The van der Waals surface area contributed by atoms with Crippen LogP contribution in [-0.2, 0) is 23.2 Å². The Labute approximate surface area is 222 Å². The predicted octanol–water partition coefficient (Wildman–Crippen LogP) is 5.64. The lowest BCUT2D eigenvalue weighted by atomic mass is 10.2. The quantitative estimate of drug-likeness (QED) is 0.154. The summed E-state index contributed by atoms with van der Waals surface area (Å²) in [5.74, 6) is 0. The third-order valence-electron chi connectivity index (χ3n) is 4.66. The fourth-order valence-electron chi connectivity index (χ4n) is 2.98. The van der Waals surface area contributed by atoms with Gasteiger partial charge in [-0.2, -0.15) is 13.2 Å². The van der Waals surface area contributed by atoms with Gasteiger partial charge in [0, 0.05) is 11.1 Å². The van der Waals surface area contributed by atoms with Crippen LogP contribution < -0.4 is 0 Å². The number of rotatable bonds is 4. The van der Waals surface area contributed by atoms with Gasteiger partial charge in [-0.05, 0) is 0 Å². The number of quaternary nitrogens is 2. The molecule has 0 fully saturated rings. The first-order valence-corrected chi connectivity index (χ1v) is 12.3. The average Bonchev–Trinajstić information content (AvgIpc) is 3.42. The molecule has 0 saturated carbocycles. The summed E-state index contributed by atoms with van der Waals surface area (Å²) in [5.41, 5.74) is -2.97. The van der Waals surface area contributed by atoms with Gasteiger partial charge >= 0.3 is 12.8 Å². The van der Waals surface area contributed by atoms with Crippen LogP contribution in [0.4, 0.5) is 30.4 Å². The zero-order chi connectivity index (χ0) is 29.8. The molecule has 2 aliphatic heterocycles. The van der Waals surface area contributed by atoms with Gasteiger partial charge in [0.25, 0.3) is 0 Å². The Morgan fingerprint density at radius 2 is 1.03 bits per heavy atom. The number of hydrogen-bond donors (Lipinski definition) is 0. The van der Waals surface area contributed by atoms with E-state index in [1.807, 2.05) is 37.2 Å². The minimum atomic E-state index is -6.09. The monoisotopic (exact) mass is 582 g/mol. The van der Waals surface area contributed by atoms with Gasteiger partial charge in [0.2, 0.25) is 0 Å². The van der Waals surface area contributed by atoms with E-state index in [4.69, 9.17) is 13.0 Å². The number of aliphatic imine (C=N–C) groups is 2. The summed E-state index contributed by atoms with van der Waals surface area (Å²) in [4.78, 5) is 8.20. The topological polar surface area (TPSA) is 81.9 Å². The van der Waals surface area contributed by atoms with Gasteiger partial charge in [0.15, 0.2) is 22.8 Å². The van der Waals surface area contributed by atoms with Crippen molar-refractivity contribution in [2.24, 2.45) is 9.98 Å². The Bertz CT molecular complexity index is 1150. The first-order chi connectivity index (χ1) is 17.8. The molecule has 0 N–H and O–H groups in total. The van der Waals surface area contributed by atoms with E-state index in [0.717, 1.165) is 22.1 Å². The molecular formula is C23H26BF7N4O3S. The average molecular weight is 582 g/mol. The van der Waals surface area contributed by atoms with Gasteiger partial charge in [-0.1, -0.05) is 60.7 Å². The fourth-order valence-corrected chi connectivity index (χ4v) is 2.98. The Kier molecular flexibility index (Phi) is 12.2. The zero-order valence-corrected chi connectivity index (χ0v) is 21.6. The number of halogens is 7. The lowest BCUT2D eigenvalue weighted by Gasteiger charge is -2.21. The van der Waals surface area contributed by atoms with Gasteiger partial charge < -0.3 is 21.8 Å². The van der Waals surface area contributed by atoms with Crippen molar-refractivity contribution >= 4 is 30.0 Å². The van der Waals surface area contributed by atoms with Crippen molar-refractivity contribution < 1.29 is 52.4 Å². The number of hydrogen-bond acceptors (Lipinski definition) is 5. The van der Waals surface area contributed by atoms with E-state index in [9.17, 15) is 30.4 Å². The SMILES string of the molecule is C[N+]1(Cc2ccccc2)C=CN=C1.C[N+]1(Cc2ccccc2)C=CN=C1.F[B-](F)(F)F.O=S(=O)([O-])C(F)(F)F. The minimum Gasteiger partial charge on any atom is -0.741 e. The lowest BCUT2D eigenvalue weighted by molar-refractivity contribution is -0.771. The van der Waals surface area contributed by atoms with Crippen molar-refractivity contribution in [3.8, 4) is 0 Å². The third-order valence-corrected chi connectivity index (χ3v) is 5.23. The molecule has 0 saturated heterocycles. The summed E-state index contributed by atoms with van der Waals surface area (Å²) >= 11 is 0. The summed E-state index contributed by atoms with van der Waals surface area (Å²) < 4.78 is 99.4. The molecule has 2 aliphatic rings. The van der Waals surface area contributed by atoms with Gasteiger partial charge in [0.05, 0.1) is 26.5 Å². The van der Waals surface area contributed by atoms with E-state index >= 15 is 0 Å². The predicted molar refractivity (Wildman–Crippen MR) is 134 cm³/mol. The highest BCUT2D eigenvalue weighted by molar-refractivity contribution is 7.86. The smallest absolute Gasteiger partial charge is 0.673 e. The highest BCUT2D eigenvalue weighted by Crippen LogP contribution is 2.20. The molecule has 0 amide bonds. The van der Waals surface area contributed by atoms with Crippen LogP contribution in [0.3, 0.4) is 0 Å². The maximum absolute atomic E-state index is 10.7. The van der Waals surface area contributed by atoms with Gasteiger partial charge in [-0.3, -0.25) is 8.97 Å². The summed E-state index contributed by atoms with van der Waals surface area (Å²) in [6.07, 6.45) is 11.8. The van der Waals surface area contributed by atoms with Crippen LogP contribution in [0, 0.1) is 0 Å². The molecule has 2 aromatic carbocycles. The molecule has 2 heterocycles. The highest BCUT2D eigenvalue weighted by Gasteiger charge is 2.37. The van der Waals surface area contributed by atoms with Crippen LogP contribution in [-0.4, -0.2) is 61.5 Å². The highest BCUT2D eigenvalue weighted by atomic mass is 32.2. The van der Waals surface area contributed by atoms with Crippen molar-refractivity contribution in [1.29, 1.82) is 0 Å². The molecule has 2 atom stereocenters. The van der Waals surface area contributed by atoms with Crippen LogP contribution in [0.2, 0.25) is 0 Å². The van der Waals surface area contributed by atoms with Crippen LogP contribution >= 0.6 is 0 Å². The number of alkyl halides is 3. The standard InChI is InChI=1S/2C11H13N2.CHF3O3S.BF4/c2*1-13(8-7-12-10-13)9-11-5-3-2-4-6-11;2-1(3,4)8(5,6)7;2-1(3,4)5/h2*2-8,10H,9H2,1H3;(H,5,6,7);/q2*+1;;-1/p-1. The molecule has 2 unspecified atom stereocenters. The Morgan fingerprint density at radius 1 is 0.744 bits per heavy atom. The summed E-state index contributed by atoms with van der Waals surface area (Å²) in [6, 6.07) is 20.9. The second kappa shape index (κ2) is 14.2. The Balaban J connectivity index is 0.000000277. The van der Waals surface area contributed by atoms with Crippen molar-refractivity contribution in [3.05, 3.63) is 96.6 Å². The van der Waals surface area contributed by atoms with Crippen molar-refractivity contribution in [1.82, 2.24) is 0 Å². The van der Waals surface area contributed by atoms with Gasteiger partial charge in [-0.25, -0.2) is 18.4 Å². The Morgan fingerprint density at radius 3 is 1.23 bits per heavy atom. The molecular weight excluding hydrogens is 556 g/mol. The molecule has 16 heteroatoms. The maximum Gasteiger partial charge on any atom is 0.673 e. The normalized spacial score (nSPS) is 21.3. The maximum atomic E-state index is 10.7. The van der Waals surface area contributed by atoms with E-state index in [0.29, 0.717) is 0 Å². The van der Waals surface area contributed by atoms with E-state index in [1.54, 1.807) is 0 Å². The lowest BCUT2D eigenvalue weighted by Crippen LogP contribution is -2.33. The molecule has 7 nitrogen and oxygen atoms in total. The fraction of sp³-hybridized carbons (Fsp3) is 0.217. The first-order valence-electron chi connectivity index (χ1n) is 10.9. The van der Waals surface area contributed by atoms with Crippen molar-refractivity contribution in [2.45, 2.75) is 18.6 Å². The van der Waals surface area contributed by atoms with Crippen LogP contribution in [0.5, 0.6) is 0 Å². The van der Waals surface area contributed by atoms with Crippen molar-refractivity contribution in [3.63, 3.8) is 0 Å². The Hall–Kier alpha value is -3.34. The van der Waals surface area contributed by atoms with Crippen LogP contribution in [0.1, 0.15) is 11.1 Å². The number of benzene rings is 2. The van der Waals surface area contributed by atoms with E-state index < -0.39 is 22.9 Å². The molecule has 4 rings (SSSR count). The van der Waals surface area contributed by atoms with Crippen LogP contribution in [0.25, 0.3) is 0 Å². The van der Waals surface area contributed by atoms with Crippen molar-refractivity contribution in [2.75, 3.05) is 14.1 Å². The number of nitrogens with zero attached hydrogens (tertiary/aromatic N) is 4. The van der Waals surface area contributed by atoms with Crippen LogP contribution in [0.15, 0.2) is 95.4 Å². The summed E-state index contributed by atoms with van der Waals surface area (Å²) in [6.45, 7) is 1.95. The van der Waals surface area contributed by atoms with Gasteiger partial charge in [0.1, 0.15) is 25.5 Å². The second-order valence-corrected chi connectivity index (χ2v) is 9.87. The van der Waals surface area contributed by atoms with E-state index in [1.165, 1.54) is 11.1 Å². The molecule has 2 aromatic rings. The molecule has 0 spiro atoms.